The first kappa shape index (κ1) is 33.1. The van der Waals surface area contributed by atoms with Crippen LogP contribution < -0.4 is 30.1 Å². The first-order valence-corrected chi connectivity index (χ1v) is 16.6. The fraction of sp³-hybridized carbons (Fsp3) is 0.156. The van der Waals surface area contributed by atoms with E-state index in [2.05, 4.69) is 6.66 Å². The summed E-state index contributed by atoms with van der Waals surface area (Å²) in [6, 6.07) is 28.1. The van der Waals surface area contributed by atoms with Gasteiger partial charge in [0, 0.05) is 20.8 Å². The van der Waals surface area contributed by atoms with E-state index in [1.165, 1.54) is 32.9 Å². The van der Waals surface area contributed by atoms with Crippen LogP contribution in [0.1, 0.15) is 26.3 Å². The summed E-state index contributed by atoms with van der Waals surface area (Å²) in [5, 5.41) is 3.19. The minimum absolute atomic E-state index is 0.178. The number of carbonyl (C=O) groups is 3. The Morgan fingerprint density at radius 2 is 0.837 bits per heavy atom. The summed E-state index contributed by atoms with van der Waals surface area (Å²) >= 11 is 0. The molecule has 224 valence electrons. The fourth-order valence-corrected chi connectivity index (χ4v) is 7.69. The zero-order valence-corrected chi connectivity index (χ0v) is 26.0. The monoisotopic (exact) mass is 622 g/mol. The molecule has 0 N–H and O–H groups in total. The van der Waals surface area contributed by atoms with Crippen molar-refractivity contribution >= 4 is 51.2 Å². The molecule has 0 saturated heterocycles. The van der Waals surface area contributed by atoms with Crippen molar-refractivity contribution in [2.45, 2.75) is 32.6 Å². The second-order valence-electron chi connectivity index (χ2n) is 9.54. The third-order valence-electron chi connectivity index (χ3n) is 6.15. The van der Waals surface area contributed by atoms with Crippen molar-refractivity contribution in [3.63, 3.8) is 0 Å². The van der Waals surface area contributed by atoms with Gasteiger partial charge in [0.2, 0.25) is 0 Å². The molecule has 4 aromatic rings. The SMILES string of the molecule is CC(=O)Oc1ccc([P+](C)(c2ccc(OC(C)=O)cc2)c2ccc(OC(C)=O)cc2)cc1.Cc1ccc(S(=O)(=O)[O-])cc1. The smallest absolute Gasteiger partial charge is 0.308 e. The number of carbonyl (C=O) groups excluding carboxylic acids is 3. The van der Waals surface area contributed by atoms with Crippen LogP contribution in [0.4, 0.5) is 0 Å². The molecule has 0 aliphatic heterocycles. The van der Waals surface area contributed by atoms with E-state index >= 15 is 0 Å². The topological polar surface area (TPSA) is 136 Å². The first-order valence-electron chi connectivity index (χ1n) is 12.9. The molecule has 0 aliphatic rings. The van der Waals surface area contributed by atoms with Gasteiger partial charge in [0.05, 0.1) is 11.6 Å². The molecular weight excluding hydrogens is 591 g/mol. The van der Waals surface area contributed by atoms with Gasteiger partial charge < -0.3 is 18.8 Å². The molecule has 9 nitrogen and oxygen atoms in total. The largest absolute Gasteiger partial charge is 0.744 e. The van der Waals surface area contributed by atoms with Crippen molar-refractivity contribution in [3.8, 4) is 17.2 Å². The van der Waals surface area contributed by atoms with E-state index in [0.29, 0.717) is 17.2 Å². The van der Waals surface area contributed by atoms with Crippen LogP contribution in [0.25, 0.3) is 0 Å². The van der Waals surface area contributed by atoms with Crippen LogP contribution in [-0.4, -0.2) is 37.5 Å². The molecule has 0 amide bonds. The lowest BCUT2D eigenvalue weighted by molar-refractivity contribution is -0.132. The Kier molecular flexibility index (Phi) is 10.9. The molecule has 0 saturated carbocycles. The van der Waals surface area contributed by atoms with Crippen molar-refractivity contribution in [2.24, 2.45) is 0 Å². The summed E-state index contributed by atoms with van der Waals surface area (Å²) in [7, 11) is -6.38. The highest BCUT2D eigenvalue weighted by atomic mass is 32.2. The number of rotatable bonds is 7. The minimum Gasteiger partial charge on any atom is -0.744 e. The van der Waals surface area contributed by atoms with Crippen molar-refractivity contribution in [1.82, 2.24) is 0 Å². The number of hydrogen-bond donors (Lipinski definition) is 0. The summed E-state index contributed by atoms with van der Waals surface area (Å²) in [4.78, 5) is 33.6. The molecule has 0 heterocycles. The molecule has 0 fully saturated rings. The van der Waals surface area contributed by atoms with E-state index in [1.807, 2.05) is 43.3 Å². The van der Waals surface area contributed by atoms with E-state index < -0.39 is 17.4 Å². The summed E-state index contributed by atoms with van der Waals surface area (Å²) in [5.41, 5.74) is 0.928. The predicted molar refractivity (Wildman–Crippen MR) is 164 cm³/mol. The van der Waals surface area contributed by atoms with E-state index in [0.717, 1.165) is 21.5 Å². The number of benzene rings is 4. The number of ether oxygens (including phenoxy) is 3. The predicted octanol–water partition coefficient (Wildman–Crippen LogP) is 4.29. The average molecular weight is 623 g/mol. The normalized spacial score (nSPS) is 11.0. The third kappa shape index (κ3) is 9.31. The molecule has 11 heteroatoms. The van der Waals surface area contributed by atoms with Crippen molar-refractivity contribution < 1.29 is 41.6 Å². The van der Waals surface area contributed by atoms with Crippen molar-refractivity contribution in [2.75, 3.05) is 6.66 Å². The molecule has 0 spiro atoms. The molecule has 43 heavy (non-hydrogen) atoms. The molecule has 4 rings (SSSR count). The Labute approximate surface area is 251 Å². The van der Waals surface area contributed by atoms with Gasteiger partial charge in [-0.05, 0) is 91.9 Å². The lowest BCUT2D eigenvalue weighted by atomic mass is 10.2. The Morgan fingerprint density at radius 1 is 0.558 bits per heavy atom. The second kappa shape index (κ2) is 14.2. The van der Waals surface area contributed by atoms with Gasteiger partial charge in [-0.1, -0.05) is 17.7 Å². The molecule has 0 aromatic heterocycles. The molecule has 0 aliphatic carbocycles. The van der Waals surface area contributed by atoms with Crippen LogP contribution in [0.3, 0.4) is 0 Å². The van der Waals surface area contributed by atoms with Gasteiger partial charge in [0.15, 0.2) is 0 Å². The molecular formula is C32H31O9PS. The van der Waals surface area contributed by atoms with Crippen LogP contribution in [-0.2, 0) is 24.5 Å². The quantitative estimate of drug-likeness (QED) is 0.128. The number of hydrogen-bond acceptors (Lipinski definition) is 9. The van der Waals surface area contributed by atoms with Gasteiger partial charge in [0.25, 0.3) is 0 Å². The van der Waals surface area contributed by atoms with Crippen molar-refractivity contribution in [1.29, 1.82) is 0 Å². The zero-order chi connectivity index (χ0) is 31.8. The summed E-state index contributed by atoms with van der Waals surface area (Å²) < 4.78 is 46.7. The second-order valence-corrected chi connectivity index (χ2v) is 14.5. The van der Waals surface area contributed by atoms with Crippen molar-refractivity contribution in [3.05, 3.63) is 103 Å². The first-order chi connectivity index (χ1) is 20.2. The average Bonchev–Trinajstić information content (AvgIpc) is 2.93. The highest BCUT2D eigenvalue weighted by molar-refractivity contribution is 7.95. The molecule has 0 atom stereocenters. The Bertz CT molecular complexity index is 1540. The molecule has 0 unspecified atom stereocenters. The maximum absolute atomic E-state index is 11.3. The summed E-state index contributed by atoms with van der Waals surface area (Å²) in [5.74, 6) is 0.293. The van der Waals surface area contributed by atoms with Gasteiger partial charge in [-0.25, -0.2) is 8.42 Å². The van der Waals surface area contributed by atoms with E-state index in [4.69, 9.17) is 14.2 Å². The van der Waals surface area contributed by atoms with Crippen LogP contribution in [0.5, 0.6) is 17.2 Å². The highest BCUT2D eigenvalue weighted by Crippen LogP contribution is 2.52. The third-order valence-corrected chi connectivity index (χ3v) is 11.0. The summed E-state index contributed by atoms with van der Waals surface area (Å²) in [6.45, 7) is 8.08. The van der Waals surface area contributed by atoms with Crippen LogP contribution >= 0.6 is 7.26 Å². The van der Waals surface area contributed by atoms with Gasteiger partial charge >= 0.3 is 17.9 Å². The molecule has 4 aromatic carbocycles. The van der Waals surface area contributed by atoms with E-state index in [-0.39, 0.29) is 22.8 Å². The highest BCUT2D eigenvalue weighted by Gasteiger charge is 2.40. The Morgan fingerprint density at radius 3 is 1.07 bits per heavy atom. The van der Waals surface area contributed by atoms with Gasteiger partial charge in [0.1, 0.15) is 50.5 Å². The van der Waals surface area contributed by atoms with Crippen LogP contribution in [0.2, 0.25) is 0 Å². The van der Waals surface area contributed by atoms with Gasteiger partial charge in [-0.3, -0.25) is 14.4 Å². The van der Waals surface area contributed by atoms with Gasteiger partial charge in [-0.15, -0.1) is 0 Å². The minimum atomic E-state index is -4.27. The molecule has 0 bridgehead atoms. The Balaban J connectivity index is 0.000000386. The zero-order valence-electron chi connectivity index (χ0n) is 24.3. The number of esters is 3. The maximum atomic E-state index is 11.3. The molecule has 0 radical (unpaired) electrons. The maximum Gasteiger partial charge on any atom is 0.308 e. The lowest BCUT2D eigenvalue weighted by Gasteiger charge is -2.23. The summed E-state index contributed by atoms with van der Waals surface area (Å²) in [6.07, 6.45) is 0. The van der Waals surface area contributed by atoms with Gasteiger partial charge in [-0.2, -0.15) is 0 Å². The van der Waals surface area contributed by atoms with E-state index in [9.17, 15) is 27.4 Å². The number of aryl methyl sites for hydroxylation is 1. The van der Waals surface area contributed by atoms with E-state index in [1.54, 1.807) is 48.5 Å². The van der Waals surface area contributed by atoms with Crippen LogP contribution in [0.15, 0.2) is 102 Å². The standard InChI is InChI=1S/C25H24O6P.C7H8O3S/c1-17(26)29-20-5-11-23(12-6-20)32(4,24-13-7-21(8-14-24)30-18(2)27)25-15-9-22(10-16-25)31-19(3)28;1-6-2-4-7(5-3-6)11(8,9)10/h5-16H,1-4H3;2-5H,1H3,(H,8,9,10)/q+1;/p-1. The fourth-order valence-electron chi connectivity index (χ4n) is 4.09. The Hall–Kier alpha value is -4.37. The lowest BCUT2D eigenvalue weighted by Crippen LogP contribution is -2.30. The van der Waals surface area contributed by atoms with Crippen LogP contribution in [0, 0.1) is 6.92 Å².